The van der Waals surface area contributed by atoms with Crippen LogP contribution in [0, 0.1) is 6.92 Å². The summed E-state index contributed by atoms with van der Waals surface area (Å²) < 4.78 is 0. The maximum absolute atomic E-state index is 11.4. The van der Waals surface area contributed by atoms with E-state index in [2.05, 4.69) is 0 Å². The van der Waals surface area contributed by atoms with Crippen molar-refractivity contribution in [2.24, 2.45) is 0 Å². The molecule has 1 aromatic carbocycles. The average Bonchev–Trinajstić information content (AvgIpc) is 2.18. The molecule has 4 nitrogen and oxygen atoms in total. The number of carboxylic acids is 1. The summed E-state index contributed by atoms with van der Waals surface area (Å²) in [5, 5.41) is 17.7. The van der Waals surface area contributed by atoms with Gasteiger partial charge in [0, 0.05) is 6.08 Å². The molecule has 15 heavy (non-hydrogen) atoms. The first-order chi connectivity index (χ1) is 7.00. The highest BCUT2D eigenvalue weighted by atomic mass is 16.4. The molecule has 0 saturated heterocycles. The van der Waals surface area contributed by atoms with Gasteiger partial charge in [-0.25, -0.2) is 4.79 Å². The zero-order valence-electron chi connectivity index (χ0n) is 8.10. The lowest BCUT2D eigenvalue weighted by Crippen LogP contribution is -1.97. The highest BCUT2D eigenvalue weighted by Crippen LogP contribution is 2.18. The summed E-state index contributed by atoms with van der Waals surface area (Å²) in [5.41, 5.74) is 0.923. The van der Waals surface area contributed by atoms with Crippen LogP contribution in [0.25, 0.3) is 0 Å². The first-order valence-corrected chi connectivity index (χ1v) is 4.25. The van der Waals surface area contributed by atoms with Gasteiger partial charge in [0.05, 0.1) is 5.56 Å². The van der Waals surface area contributed by atoms with Crippen molar-refractivity contribution in [1.29, 1.82) is 0 Å². The predicted octanol–water partition coefficient (Wildman–Crippen LogP) is 1.52. The van der Waals surface area contributed by atoms with Gasteiger partial charge in [-0.05, 0) is 25.1 Å². The Morgan fingerprint density at radius 3 is 2.53 bits per heavy atom. The Balaban J connectivity index is 3.01. The first kappa shape index (κ1) is 11.0. The van der Waals surface area contributed by atoms with Gasteiger partial charge in [0.2, 0.25) is 0 Å². The lowest BCUT2D eigenvalue weighted by Gasteiger charge is -2.01. The third-order valence-corrected chi connectivity index (χ3v) is 1.79. The largest absolute Gasteiger partial charge is 0.507 e. The third-order valence-electron chi connectivity index (χ3n) is 1.79. The van der Waals surface area contributed by atoms with Crippen molar-refractivity contribution in [2.45, 2.75) is 6.92 Å². The number of aliphatic carboxylic acids is 1. The van der Waals surface area contributed by atoms with Crippen LogP contribution in [0.1, 0.15) is 15.9 Å². The van der Waals surface area contributed by atoms with E-state index in [1.807, 2.05) is 0 Å². The Kier molecular flexibility index (Phi) is 3.23. The van der Waals surface area contributed by atoms with Crippen molar-refractivity contribution in [1.82, 2.24) is 0 Å². The summed E-state index contributed by atoms with van der Waals surface area (Å²) in [5.74, 6) is -1.88. The molecular weight excluding hydrogens is 196 g/mol. The van der Waals surface area contributed by atoms with Crippen molar-refractivity contribution in [2.75, 3.05) is 0 Å². The molecular formula is C11H10O4. The van der Waals surface area contributed by atoms with Gasteiger partial charge in [0.1, 0.15) is 5.75 Å². The smallest absolute Gasteiger partial charge is 0.328 e. The van der Waals surface area contributed by atoms with Crippen LogP contribution < -0.4 is 0 Å². The van der Waals surface area contributed by atoms with Gasteiger partial charge >= 0.3 is 5.97 Å². The van der Waals surface area contributed by atoms with E-state index in [-0.39, 0.29) is 11.3 Å². The maximum atomic E-state index is 11.4. The van der Waals surface area contributed by atoms with E-state index in [9.17, 15) is 14.7 Å². The van der Waals surface area contributed by atoms with Crippen LogP contribution in [0.3, 0.4) is 0 Å². The number of ketones is 1. The number of aryl methyl sites for hydroxylation is 1. The molecule has 0 amide bonds. The molecule has 0 aliphatic rings. The Morgan fingerprint density at radius 2 is 1.93 bits per heavy atom. The SMILES string of the molecule is Cc1ccc(O)c(C(=O)C=CC(=O)O)c1. The van der Waals surface area contributed by atoms with Gasteiger partial charge < -0.3 is 10.2 Å². The summed E-state index contributed by atoms with van der Waals surface area (Å²) >= 11 is 0. The number of phenolic OH excluding ortho intramolecular Hbond substituents is 1. The second-order valence-corrected chi connectivity index (χ2v) is 3.06. The predicted molar refractivity (Wildman–Crippen MR) is 54.0 cm³/mol. The van der Waals surface area contributed by atoms with Gasteiger partial charge in [-0.15, -0.1) is 0 Å². The normalized spacial score (nSPS) is 10.5. The molecule has 78 valence electrons. The van der Waals surface area contributed by atoms with E-state index in [0.717, 1.165) is 17.7 Å². The van der Waals surface area contributed by atoms with E-state index < -0.39 is 11.8 Å². The van der Waals surface area contributed by atoms with E-state index in [1.54, 1.807) is 13.0 Å². The molecule has 0 aromatic heterocycles. The van der Waals surface area contributed by atoms with E-state index in [1.165, 1.54) is 12.1 Å². The Hall–Kier alpha value is -2.10. The number of benzene rings is 1. The monoisotopic (exact) mass is 206 g/mol. The fourth-order valence-electron chi connectivity index (χ4n) is 1.08. The highest BCUT2D eigenvalue weighted by molar-refractivity contribution is 6.08. The quantitative estimate of drug-likeness (QED) is 0.580. The molecule has 0 unspecified atom stereocenters. The van der Waals surface area contributed by atoms with E-state index in [0.29, 0.717) is 0 Å². The molecule has 0 fully saturated rings. The fraction of sp³-hybridized carbons (Fsp3) is 0.0909. The number of allylic oxidation sites excluding steroid dienone is 1. The van der Waals surface area contributed by atoms with Crippen molar-refractivity contribution in [3.63, 3.8) is 0 Å². The van der Waals surface area contributed by atoms with E-state index in [4.69, 9.17) is 5.11 Å². The van der Waals surface area contributed by atoms with Gasteiger partial charge in [-0.1, -0.05) is 11.6 Å². The lowest BCUT2D eigenvalue weighted by atomic mass is 10.1. The minimum atomic E-state index is -1.20. The molecule has 0 heterocycles. The fourth-order valence-corrected chi connectivity index (χ4v) is 1.08. The summed E-state index contributed by atoms with van der Waals surface area (Å²) in [6.45, 7) is 1.77. The second-order valence-electron chi connectivity index (χ2n) is 3.06. The zero-order valence-corrected chi connectivity index (χ0v) is 8.10. The van der Waals surface area contributed by atoms with Crippen molar-refractivity contribution in [3.05, 3.63) is 41.5 Å². The highest BCUT2D eigenvalue weighted by Gasteiger charge is 2.08. The number of hydrogen-bond donors (Lipinski definition) is 2. The number of hydrogen-bond acceptors (Lipinski definition) is 3. The maximum Gasteiger partial charge on any atom is 0.328 e. The standard InChI is InChI=1S/C11H10O4/c1-7-2-3-9(12)8(6-7)10(13)4-5-11(14)15/h2-6,12H,1H3,(H,14,15). The Morgan fingerprint density at radius 1 is 1.27 bits per heavy atom. The molecule has 0 radical (unpaired) electrons. The summed E-state index contributed by atoms with van der Waals surface area (Å²) in [4.78, 5) is 21.6. The van der Waals surface area contributed by atoms with Crippen LogP contribution in [-0.4, -0.2) is 22.0 Å². The van der Waals surface area contributed by atoms with Gasteiger partial charge in [-0.3, -0.25) is 4.79 Å². The molecule has 0 bridgehead atoms. The second kappa shape index (κ2) is 4.41. The van der Waals surface area contributed by atoms with Crippen LogP contribution >= 0.6 is 0 Å². The van der Waals surface area contributed by atoms with Crippen molar-refractivity contribution < 1.29 is 19.8 Å². The van der Waals surface area contributed by atoms with Crippen molar-refractivity contribution >= 4 is 11.8 Å². The number of aromatic hydroxyl groups is 1. The van der Waals surface area contributed by atoms with Gasteiger partial charge in [0.15, 0.2) is 5.78 Å². The minimum absolute atomic E-state index is 0.104. The molecule has 0 spiro atoms. The lowest BCUT2D eigenvalue weighted by molar-refractivity contribution is -0.131. The number of phenols is 1. The summed E-state index contributed by atoms with van der Waals surface area (Å²) in [7, 11) is 0. The summed E-state index contributed by atoms with van der Waals surface area (Å²) in [6, 6.07) is 4.56. The zero-order chi connectivity index (χ0) is 11.4. The number of rotatable bonds is 3. The number of carbonyl (C=O) groups excluding carboxylic acids is 1. The molecule has 1 aromatic rings. The van der Waals surface area contributed by atoms with Crippen molar-refractivity contribution in [3.8, 4) is 5.75 Å². The third kappa shape index (κ3) is 2.95. The molecule has 0 aliphatic carbocycles. The van der Waals surface area contributed by atoms with Crippen LogP contribution in [0.4, 0.5) is 0 Å². The molecule has 0 aliphatic heterocycles. The van der Waals surface area contributed by atoms with Crippen LogP contribution in [0.2, 0.25) is 0 Å². The van der Waals surface area contributed by atoms with E-state index >= 15 is 0 Å². The molecule has 2 N–H and O–H groups in total. The number of carbonyl (C=O) groups is 2. The Bertz CT molecular complexity index is 432. The molecule has 0 atom stereocenters. The molecule has 4 heteroatoms. The van der Waals surface area contributed by atoms with Crippen LogP contribution in [0.15, 0.2) is 30.4 Å². The number of carboxylic acid groups (broad SMARTS) is 1. The van der Waals surface area contributed by atoms with Gasteiger partial charge in [0.25, 0.3) is 0 Å². The minimum Gasteiger partial charge on any atom is -0.507 e. The first-order valence-electron chi connectivity index (χ1n) is 4.25. The van der Waals surface area contributed by atoms with Gasteiger partial charge in [-0.2, -0.15) is 0 Å². The average molecular weight is 206 g/mol. The van der Waals surface area contributed by atoms with Crippen LogP contribution in [0.5, 0.6) is 5.75 Å². The topological polar surface area (TPSA) is 74.6 Å². The molecule has 1 rings (SSSR count). The van der Waals surface area contributed by atoms with Crippen LogP contribution in [-0.2, 0) is 4.79 Å². The Labute approximate surface area is 86.5 Å². The summed E-state index contributed by atoms with van der Waals surface area (Å²) in [6.07, 6.45) is 1.65. The molecule has 0 saturated carbocycles.